The lowest BCUT2D eigenvalue weighted by Crippen LogP contribution is -1.96. The Morgan fingerprint density at radius 1 is 1.19 bits per heavy atom. The fraction of sp³-hybridized carbons (Fsp3) is 0.125. The number of thioether (sulfide) groups is 1. The topological polar surface area (TPSA) is 50.8 Å². The van der Waals surface area contributed by atoms with E-state index in [-0.39, 0.29) is 0 Å². The molecule has 0 aliphatic heterocycles. The Morgan fingerprint density at radius 3 is 2.86 bits per heavy atom. The first-order valence-corrected chi connectivity index (χ1v) is 7.79. The summed E-state index contributed by atoms with van der Waals surface area (Å²) in [6, 6.07) is 14.1. The molecule has 0 aliphatic carbocycles. The van der Waals surface area contributed by atoms with Crippen LogP contribution in [0, 0.1) is 0 Å². The molecule has 0 saturated carbocycles. The highest BCUT2D eigenvalue weighted by atomic mass is 32.2. The standard InChI is InChI=1S/C16H15N3OS/c1-21-14-4-2-3-12(9-14)11-20-13-5-6-15(17-10-13)16-7-8-18-19-16/h2-10H,11H2,1H3,(H,18,19). The lowest BCUT2D eigenvalue weighted by molar-refractivity contribution is 0.305. The molecule has 106 valence electrons. The Morgan fingerprint density at radius 2 is 2.14 bits per heavy atom. The number of benzene rings is 1. The molecule has 4 nitrogen and oxygen atoms in total. The van der Waals surface area contributed by atoms with Crippen LogP contribution in [0.4, 0.5) is 0 Å². The molecule has 2 heterocycles. The van der Waals surface area contributed by atoms with Crippen LogP contribution in [0.1, 0.15) is 5.56 Å². The van der Waals surface area contributed by atoms with Gasteiger partial charge in [-0.15, -0.1) is 11.8 Å². The van der Waals surface area contributed by atoms with Crippen molar-refractivity contribution >= 4 is 11.8 Å². The summed E-state index contributed by atoms with van der Waals surface area (Å²) in [5.41, 5.74) is 2.90. The summed E-state index contributed by atoms with van der Waals surface area (Å²) < 4.78 is 5.77. The van der Waals surface area contributed by atoms with E-state index in [1.165, 1.54) is 4.90 Å². The highest BCUT2D eigenvalue weighted by Gasteiger charge is 2.02. The van der Waals surface area contributed by atoms with Crippen molar-refractivity contribution in [2.75, 3.05) is 6.26 Å². The van der Waals surface area contributed by atoms with Crippen LogP contribution in [0.3, 0.4) is 0 Å². The molecular formula is C16H15N3OS. The maximum atomic E-state index is 5.77. The molecular weight excluding hydrogens is 282 g/mol. The van der Waals surface area contributed by atoms with Crippen molar-refractivity contribution < 1.29 is 4.74 Å². The third kappa shape index (κ3) is 3.44. The van der Waals surface area contributed by atoms with Crippen LogP contribution in [0.25, 0.3) is 11.4 Å². The van der Waals surface area contributed by atoms with Gasteiger partial charge in [0, 0.05) is 11.1 Å². The second-order valence-electron chi connectivity index (χ2n) is 4.49. The van der Waals surface area contributed by atoms with Crippen molar-refractivity contribution in [2.24, 2.45) is 0 Å². The smallest absolute Gasteiger partial charge is 0.138 e. The van der Waals surface area contributed by atoms with Crippen LogP contribution in [0.15, 0.2) is 59.8 Å². The Hall–Kier alpha value is -2.27. The molecule has 0 spiro atoms. The third-order valence-corrected chi connectivity index (χ3v) is 3.78. The van der Waals surface area contributed by atoms with E-state index in [1.54, 1.807) is 24.2 Å². The predicted octanol–water partition coefficient (Wildman–Crippen LogP) is 3.77. The molecule has 5 heteroatoms. The number of nitrogens with one attached hydrogen (secondary N) is 1. The average molecular weight is 297 g/mol. The maximum Gasteiger partial charge on any atom is 0.138 e. The van der Waals surface area contributed by atoms with Crippen molar-refractivity contribution in [3.8, 4) is 17.1 Å². The molecule has 3 rings (SSSR count). The van der Waals surface area contributed by atoms with E-state index in [0.29, 0.717) is 6.61 Å². The minimum Gasteiger partial charge on any atom is -0.487 e. The lowest BCUT2D eigenvalue weighted by Gasteiger charge is -2.07. The van der Waals surface area contributed by atoms with Gasteiger partial charge in [0.15, 0.2) is 0 Å². The number of nitrogens with zero attached hydrogens (tertiary/aromatic N) is 2. The monoisotopic (exact) mass is 297 g/mol. The maximum absolute atomic E-state index is 5.77. The van der Waals surface area contributed by atoms with Gasteiger partial charge in [0.1, 0.15) is 12.4 Å². The van der Waals surface area contributed by atoms with E-state index in [4.69, 9.17) is 4.74 Å². The van der Waals surface area contributed by atoms with Crippen LogP contribution >= 0.6 is 11.8 Å². The van der Waals surface area contributed by atoms with Crippen molar-refractivity contribution in [3.05, 3.63) is 60.4 Å². The van der Waals surface area contributed by atoms with E-state index >= 15 is 0 Å². The fourth-order valence-corrected chi connectivity index (χ4v) is 2.44. The number of pyridine rings is 1. The summed E-state index contributed by atoms with van der Waals surface area (Å²) in [5, 5.41) is 6.80. The number of ether oxygens (including phenoxy) is 1. The number of aromatic amines is 1. The van der Waals surface area contributed by atoms with Crippen molar-refractivity contribution in [2.45, 2.75) is 11.5 Å². The number of hydrogen-bond acceptors (Lipinski definition) is 4. The van der Waals surface area contributed by atoms with Gasteiger partial charge >= 0.3 is 0 Å². The van der Waals surface area contributed by atoms with E-state index in [2.05, 4.69) is 39.6 Å². The van der Waals surface area contributed by atoms with Gasteiger partial charge in [0.2, 0.25) is 0 Å². The third-order valence-electron chi connectivity index (χ3n) is 3.05. The summed E-state index contributed by atoms with van der Waals surface area (Å²) in [4.78, 5) is 5.61. The zero-order valence-electron chi connectivity index (χ0n) is 11.6. The first-order chi connectivity index (χ1) is 10.3. The summed E-state index contributed by atoms with van der Waals surface area (Å²) in [6.45, 7) is 0.541. The molecule has 0 amide bonds. The van der Waals surface area contributed by atoms with E-state index in [1.807, 2.05) is 24.3 Å². The van der Waals surface area contributed by atoms with E-state index < -0.39 is 0 Å². The molecule has 0 bridgehead atoms. The Kier molecular flexibility index (Phi) is 4.21. The molecule has 2 aromatic heterocycles. The Bertz CT molecular complexity index is 696. The van der Waals surface area contributed by atoms with Crippen molar-refractivity contribution in [1.29, 1.82) is 0 Å². The fourth-order valence-electron chi connectivity index (χ4n) is 1.95. The normalized spacial score (nSPS) is 10.5. The number of rotatable bonds is 5. The van der Waals surface area contributed by atoms with Crippen LogP contribution in [0.5, 0.6) is 5.75 Å². The quantitative estimate of drug-likeness (QED) is 0.728. The summed E-state index contributed by atoms with van der Waals surface area (Å²) in [7, 11) is 0. The van der Waals surface area contributed by atoms with Crippen LogP contribution in [-0.4, -0.2) is 21.4 Å². The molecule has 1 aromatic carbocycles. The highest BCUT2D eigenvalue weighted by molar-refractivity contribution is 7.98. The summed E-state index contributed by atoms with van der Waals surface area (Å²) >= 11 is 1.73. The molecule has 21 heavy (non-hydrogen) atoms. The van der Waals surface area contributed by atoms with Gasteiger partial charge in [0.05, 0.1) is 17.6 Å². The minimum absolute atomic E-state index is 0.541. The minimum atomic E-state index is 0.541. The first kappa shape index (κ1) is 13.7. The highest BCUT2D eigenvalue weighted by Crippen LogP contribution is 2.19. The average Bonchev–Trinajstić information content (AvgIpc) is 3.08. The zero-order chi connectivity index (χ0) is 14.5. The number of H-pyrrole nitrogens is 1. The largest absolute Gasteiger partial charge is 0.487 e. The molecule has 0 fully saturated rings. The van der Waals surface area contributed by atoms with E-state index in [0.717, 1.165) is 22.7 Å². The SMILES string of the molecule is CSc1cccc(COc2ccc(-c3ccn[nH]3)nc2)c1. The van der Waals surface area contributed by atoms with Crippen molar-refractivity contribution in [1.82, 2.24) is 15.2 Å². The Labute approximate surface area is 127 Å². The summed E-state index contributed by atoms with van der Waals surface area (Å²) in [5.74, 6) is 0.757. The molecule has 0 unspecified atom stereocenters. The van der Waals surface area contributed by atoms with Crippen molar-refractivity contribution in [3.63, 3.8) is 0 Å². The van der Waals surface area contributed by atoms with E-state index in [9.17, 15) is 0 Å². The second kappa shape index (κ2) is 6.45. The summed E-state index contributed by atoms with van der Waals surface area (Å²) in [6.07, 6.45) is 5.51. The molecule has 0 saturated heterocycles. The second-order valence-corrected chi connectivity index (χ2v) is 5.37. The zero-order valence-corrected chi connectivity index (χ0v) is 12.4. The first-order valence-electron chi connectivity index (χ1n) is 6.57. The molecule has 0 atom stereocenters. The van der Waals surface area contributed by atoms with Gasteiger partial charge in [-0.2, -0.15) is 5.10 Å². The number of hydrogen-bond donors (Lipinski definition) is 1. The van der Waals surface area contributed by atoms with Gasteiger partial charge in [-0.3, -0.25) is 10.1 Å². The van der Waals surface area contributed by atoms with Crippen LogP contribution in [-0.2, 0) is 6.61 Å². The molecule has 0 aliphatic rings. The van der Waals surface area contributed by atoms with Gasteiger partial charge in [-0.05, 0) is 42.2 Å². The van der Waals surface area contributed by atoms with Gasteiger partial charge in [-0.25, -0.2) is 0 Å². The molecule has 3 aromatic rings. The van der Waals surface area contributed by atoms with Gasteiger partial charge in [-0.1, -0.05) is 12.1 Å². The molecule has 1 N–H and O–H groups in total. The van der Waals surface area contributed by atoms with Crippen LogP contribution < -0.4 is 4.74 Å². The van der Waals surface area contributed by atoms with Gasteiger partial charge < -0.3 is 4.74 Å². The number of aromatic nitrogens is 3. The van der Waals surface area contributed by atoms with Gasteiger partial charge in [0.25, 0.3) is 0 Å². The Balaban J connectivity index is 1.65. The lowest BCUT2D eigenvalue weighted by atomic mass is 10.2. The molecule has 0 radical (unpaired) electrons. The predicted molar refractivity (Wildman–Crippen MR) is 84.4 cm³/mol. The van der Waals surface area contributed by atoms with Crippen LogP contribution in [0.2, 0.25) is 0 Å².